The summed E-state index contributed by atoms with van der Waals surface area (Å²) in [7, 11) is 0. The Hall–Kier alpha value is -3.47. The van der Waals surface area contributed by atoms with E-state index < -0.39 is 11.7 Å². The molecule has 1 fully saturated rings. The first-order valence-electron chi connectivity index (χ1n) is 12.1. The topological polar surface area (TPSA) is 114 Å². The number of carbonyl (C=O) groups is 2. The van der Waals surface area contributed by atoms with Crippen molar-refractivity contribution in [3.63, 3.8) is 0 Å². The number of benzene rings is 2. The zero-order valence-corrected chi connectivity index (χ0v) is 22.2. The molecule has 1 saturated heterocycles. The number of nitrogens with zero attached hydrogens (tertiary/aromatic N) is 4. The predicted molar refractivity (Wildman–Crippen MR) is 144 cm³/mol. The minimum Gasteiger partial charge on any atom is -0.489 e. The van der Waals surface area contributed by atoms with E-state index in [2.05, 4.69) is 27.3 Å². The Morgan fingerprint density at radius 2 is 1.79 bits per heavy atom. The maximum atomic E-state index is 13.7. The molecule has 2 heterocycles. The molecule has 0 spiro atoms. The number of hydrogen-bond acceptors (Lipinski definition) is 7. The van der Waals surface area contributed by atoms with E-state index in [9.17, 15) is 14.0 Å². The number of nitrogens with two attached hydrogens (primary N) is 1. The lowest BCUT2D eigenvalue weighted by molar-refractivity contribution is 0.0643. The molecular formula is C26H27Cl2FN6O3. The normalized spacial score (nSPS) is 13.8. The highest BCUT2D eigenvalue weighted by Crippen LogP contribution is 2.28. The number of hydrogen-bond donors (Lipinski definition) is 2. The van der Waals surface area contributed by atoms with Gasteiger partial charge in [-0.1, -0.05) is 30.1 Å². The third-order valence-corrected chi connectivity index (χ3v) is 7.03. The highest BCUT2D eigenvalue weighted by atomic mass is 35.5. The van der Waals surface area contributed by atoms with E-state index in [-0.39, 0.29) is 41.2 Å². The van der Waals surface area contributed by atoms with Gasteiger partial charge in [-0.2, -0.15) is 0 Å². The summed E-state index contributed by atoms with van der Waals surface area (Å²) in [6.45, 7) is 6.23. The molecule has 0 aliphatic carbocycles. The second-order valence-corrected chi connectivity index (χ2v) is 9.44. The van der Waals surface area contributed by atoms with Gasteiger partial charge in [0.05, 0.1) is 11.6 Å². The minimum absolute atomic E-state index is 0.0133. The second-order valence-electron chi connectivity index (χ2n) is 8.66. The number of nitrogen functional groups attached to an aromatic ring is 1. The zero-order chi connectivity index (χ0) is 27.2. The smallest absolute Gasteiger partial charge is 0.276 e. The SMILES string of the molecule is CCN1CCN(C(=O)c2ccc(NC(=O)c3cc(OCCc4c(Cl)ccc(F)c4Cl)c(N)nn3)cc2)CC1. The van der Waals surface area contributed by atoms with Crippen molar-refractivity contribution in [2.45, 2.75) is 13.3 Å². The van der Waals surface area contributed by atoms with Crippen molar-refractivity contribution in [2.24, 2.45) is 0 Å². The van der Waals surface area contributed by atoms with Crippen molar-refractivity contribution < 1.29 is 18.7 Å². The van der Waals surface area contributed by atoms with Gasteiger partial charge in [0.1, 0.15) is 5.82 Å². The average Bonchev–Trinajstić information content (AvgIpc) is 2.93. The molecule has 0 saturated carbocycles. The van der Waals surface area contributed by atoms with E-state index in [0.717, 1.165) is 19.6 Å². The molecule has 4 rings (SSSR count). The van der Waals surface area contributed by atoms with Gasteiger partial charge in [-0.3, -0.25) is 9.59 Å². The molecule has 3 aromatic rings. The van der Waals surface area contributed by atoms with Crippen LogP contribution in [0.4, 0.5) is 15.9 Å². The van der Waals surface area contributed by atoms with Crippen LogP contribution in [0, 0.1) is 5.82 Å². The molecule has 0 atom stereocenters. The number of halogens is 3. The van der Waals surface area contributed by atoms with Gasteiger partial charge in [0.15, 0.2) is 17.3 Å². The average molecular weight is 561 g/mol. The van der Waals surface area contributed by atoms with E-state index in [1.165, 1.54) is 18.2 Å². The lowest BCUT2D eigenvalue weighted by Gasteiger charge is -2.34. The fraction of sp³-hybridized carbons (Fsp3) is 0.308. The molecule has 0 radical (unpaired) electrons. The molecule has 3 N–H and O–H groups in total. The predicted octanol–water partition coefficient (Wildman–Crippen LogP) is 4.16. The third-order valence-electron chi connectivity index (χ3n) is 6.26. The molecule has 1 aliphatic heterocycles. The Balaban J connectivity index is 1.35. The molecule has 9 nitrogen and oxygen atoms in total. The molecule has 1 aliphatic rings. The molecule has 0 unspecified atom stereocenters. The highest BCUT2D eigenvalue weighted by Gasteiger charge is 2.21. The standard InChI is InChI=1S/C26H27Cl2FN6O3/c1-2-34-10-12-35(13-11-34)26(37)16-3-5-17(6-4-16)31-25(36)21-15-22(24(30)33-32-21)38-14-9-18-19(27)7-8-20(29)23(18)28/h3-8,15H,2,9-14H2,1H3,(H2,30,33)(H,31,36). The fourth-order valence-electron chi connectivity index (χ4n) is 4.01. The van der Waals surface area contributed by atoms with Gasteiger partial charge >= 0.3 is 0 Å². The van der Waals surface area contributed by atoms with Crippen molar-refractivity contribution in [1.29, 1.82) is 0 Å². The van der Waals surface area contributed by atoms with Crippen LogP contribution in [-0.2, 0) is 6.42 Å². The van der Waals surface area contributed by atoms with Gasteiger partial charge in [-0.05, 0) is 48.5 Å². The van der Waals surface area contributed by atoms with Gasteiger partial charge in [-0.15, -0.1) is 10.2 Å². The number of anilines is 2. The van der Waals surface area contributed by atoms with Crippen LogP contribution in [0.15, 0.2) is 42.5 Å². The molecule has 200 valence electrons. The number of amides is 2. The monoisotopic (exact) mass is 560 g/mol. The largest absolute Gasteiger partial charge is 0.489 e. The van der Waals surface area contributed by atoms with E-state index in [1.807, 2.05) is 4.90 Å². The lowest BCUT2D eigenvalue weighted by Crippen LogP contribution is -2.48. The van der Waals surface area contributed by atoms with Crippen LogP contribution in [0.1, 0.15) is 33.3 Å². The number of carbonyl (C=O) groups excluding carboxylic acids is 2. The first kappa shape index (κ1) is 27.6. The number of aromatic nitrogens is 2. The Bertz CT molecular complexity index is 1320. The van der Waals surface area contributed by atoms with Gasteiger partial charge in [-0.25, -0.2) is 4.39 Å². The quantitative estimate of drug-likeness (QED) is 0.397. The fourth-order valence-corrected chi connectivity index (χ4v) is 4.57. The van der Waals surface area contributed by atoms with Crippen molar-refractivity contribution >= 4 is 46.5 Å². The highest BCUT2D eigenvalue weighted by molar-refractivity contribution is 6.36. The zero-order valence-electron chi connectivity index (χ0n) is 20.7. The summed E-state index contributed by atoms with van der Waals surface area (Å²) in [6, 6.07) is 10.6. The van der Waals surface area contributed by atoms with Crippen LogP contribution in [0.2, 0.25) is 10.0 Å². The summed E-state index contributed by atoms with van der Waals surface area (Å²) in [4.78, 5) is 29.7. The van der Waals surface area contributed by atoms with Gasteiger partial charge in [0.2, 0.25) is 0 Å². The van der Waals surface area contributed by atoms with Crippen molar-refractivity contribution in [3.05, 3.63) is 75.1 Å². The van der Waals surface area contributed by atoms with E-state index >= 15 is 0 Å². The second kappa shape index (κ2) is 12.4. The number of rotatable bonds is 8. The van der Waals surface area contributed by atoms with E-state index in [1.54, 1.807) is 24.3 Å². The Labute approximate surface area is 229 Å². The maximum Gasteiger partial charge on any atom is 0.276 e. The number of piperazine rings is 1. The summed E-state index contributed by atoms with van der Waals surface area (Å²) >= 11 is 12.1. The Morgan fingerprint density at radius 1 is 1.08 bits per heavy atom. The lowest BCUT2D eigenvalue weighted by atomic mass is 10.1. The number of nitrogens with one attached hydrogen (secondary N) is 1. The van der Waals surface area contributed by atoms with Crippen LogP contribution in [0.3, 0.4) is 0 Å². The molecule has 0 bridgehead atoms. The number of likely N-dealkylation sites (N-methyl/N-ethyl adjacent to an activating group) is 1. The molecule has 2 amide bonds. The summed E-state index contributed by atoms with van der Waals surface area (Å²) in [5, 5.41) is 10.6. The van der Waals surface area contributed by atoms with Crippen LogP contribution < -0.4 is 15.8 Å². The molecule has 2 aromatic carbocycles. The van der Waals surface area contributed by atoms with Gasteiger partial charge in [0, 0.05) is 54.9 Å². The van der Waals surface area contributed by atoms with Crippen molar-refractivity contribution in [3.8, 4) is 5.75 Å². The van der Waals surface area contributed by atoms with E-state index in [0.29, 0.717) is 34.9 Å². The third kappa shape index (κ3) is 6.50. The van der Waals surface area contributed by atoms with Crippen LogP contribution >= 0.6 is 23.2 Å². The van der Waals surface area contributed by atoms with Crippen LogP contribution in [0.5, 0.6) is 5.75 Å². The number of ether oxygens (including phenoxy) is 1. The van der Waals surface area contributed by atoms with Gasteiger partial charge in [0.25, 0.3) is 11.8 Å². The van der Waals surface area contributed by atoms with E-state index in [4.69, 9.17) is 33.7 Å². The molecule has 12 heteroatoms. The summed E-state index contributed by atoms with van der Waals surface area (Å²) in [5.74, 6) is -1.03. The minimum atomic E-state index is -0.581. The Morgan fingerprint density at radius 3 is 2.47 bits per heavy atom. The maximum absolute atomic E-state index is 13.7. The molecule has 38 heavy (non-hydrogen) atoms. The van der Waals surface area contributed by atoms with Crippen molar-refractivity contribution in [1.82, 2.24) is 20.0 Å². The first-order valence-corrected chi connectivity index (χ1v) is 12.8. The molecular weight excluding hydrogens is 534 g/mol. The summed E-state index contributed by atoms with van der Waals surface area (Å²) in [6.07, 6.45) is 0.206. The van der Waals surface area contributed by atoms with Crippen LogP contribution in [0.25, 0.3) is 0 Å². The van der Waals surface area contributed by atoms with Gasteiger partial charge < -0.3 is 25.6 Å². The summed E-state index contributed by atoms with van der Waals surface area (Å²) < 4.78 is 19.4. The van der Waals surface area contributed by atoms with Crippen LogP contribution in [-0.4, -0.2) is 71.1 Å². The summed E-state index contributed by atoms with van der Waals surface area (Å²) in [5.41, 5.74) is 7.26. The van der Waals surface area contributed by atoms with Crippen molar-refractivity contribution in [2.75, 3.05) is 50.4 Å². The first-order chi connectivity index (χ1) is 18.3. The molecule has 1 aromatic heterocycles. The Kier molecular flexibility index (Phi) is 8.98.